The molecule has 0 radical (unpaired) electrons. The lowest BCUT2D eigenvalue weighted by Crippen LogP contribution is -3.05. The Labute approximate surface area is 177 Å². The van der Waals surface area contributed by atoms with E-state index in [1.54, 1.807) is 30.2 Å². The Balaban J connectivity index is 2.08. The monoisotopic (exact) mass is 408 g/mol. The number of quaternary nitrogens is 1. The molecule has 1 unspecified atom stereocenters. The molecule has 1 aliphatic heterocycles. The molecule has 3 rings (SSSR count). The fraction of sp³-hybridized carbons (Fsp3) is 0.333. The first-order valence-corrected chi connectivity index (χ1v) is 10.1. The normalized spacial score (nSPS) is 18.3. The van der Waals surface area contributed by atoms with E-state index in [4.69, 9.17) is 4.74 Å². The topological polar surface area (TPSA) is 74.1 Å². The molecule has 1 amide bonds. The number of aryl methyl sites for hydroxylation is 1. The maximum Gasteiger partial charge on any atom is 0.295 e. The number of likely N-dealkylation sites (tertiary alicyclic amines) is 1. The summed E-state index contributed by atoms with van der Waals surface area (Å²) in [7, 11) is 5.65. The van der Waals surface area contributed by atoms with E-state index in [0.29, 0.717) is 17.9 Å². The summed E-state index contributed by atoms with van der Waals surface area (Å²) in [6.45, 7) is 3.13. The van der Waals surface area contributed by atoms with Crippen molar-refractivity contribution in [2.24, 2.45) is 0 Å². The molecule has 0 bridgehead atoms. The molecule has 1 fully saturated rings. The third-order valence-corrected chi connectivity index (χ3v) is 5.38. The lowest BCUT2D eigenvalue weighted by Gasteiger charge is -2.27. The number of ketones is 1. The number of methoxy groups -OCH3 is 1. The van der Waals surface area contributed by atoms with Crippen LogP contribution >= 0.6 is 0 Å². The average molecular weight is 408 g/mol. The predicted octanol–water partition coefficient (Wildman–Crippen LogP) is 0.762. The van der Waals surface area contributed by atoms with Crippen molar-refractivity contribution in [2.75, 3.05) is 34.3 Å². The van der Waals surface area contributed by atoms with Gasteiger partial charge in [-0.05, 0) is 35.7 Å². The molecule has 158 valence electrons. The number of nitrogens with one attached hydrogen (secondary N) is 1. The first-order valence-electron chi connectivity index (χ1n) is 10.1. The zero-order valence-corrected chi connectivity index (χ0v) is 17.9. The van der Waals surface area contributed by atoms with E-state index in [1.807, 2.05) is 51.4 Å². The number of ether oxygens (including phenoxy) is 1. The van der Waals surface area contributed by atoms with Gasteiger partial charge in [-0.15, -0.1) is 0 Å². The minimum Gasteiger partial charge on any atom is -0.872 e. The van der Waals surface area contributed by atoms with Crippen molar-refractivity contribution >= 4 is 17.4 Å². The number of benzene rings is 2. The maximum atomic E-state index is 13.4. The minimum absolute atomic E-state index is 0.0213. The van der Waals surface area contributed by atoms with Crippen LogP contribution in [-0.4, -0.2) is 50.9 Å². The van der Waals surface area contributed by atoms with Crippen LogP contribution in [0.1, 0.15) is 29.2 Å². The van der Waals surface area contributed by atoms with Gasteiger partial charge in [0.2, 0.25) is 5.78 Å². The van der Waals surface area contributed by atoms with Gasteiger partial charge in [-0.3, -0.25) is 9.59 Å². The zero-order chi connectivity index (χ0) is 21.8. The molecule has 1 aliphatic rings. The van der Waals surface area contributed by atoms with E-state index in [0.717, 1.165) is 24.1 Å². The van der Waals surface area contributed by atoms with Gasteiger partial charge in [0.15, 0.2) is 0 Å². The number of rotatable bonds is 7. The van der Waals surface area contributed by atoms with Crippen LogP contribution < -0.4 is 14.7 Å². The van der Waals surface area contributed by atoms with Crippen LogP contribution in [0.5, 0.6) is 5.75 Å². The maximum absolute atomic E-state index is 13.4. The van der Waals surface area contributed by atoms with E-state index in [1.165, 1.54) is 4.90 Å². The average Bonchev–Trinajstić information content (AvgIpc) is 2.98. The van der Waals surface area contributed by atoms with Gasteiger partial charge in [-0.25, -0.2) is 0 Å². The summed E-state index contributed by atoms with van der Waals surface area (Å²) in [5.41, 5.74) is 1.96. The summed E-state index contributed by atoms with van der Waals surface area (Å²) >= 11 is 0. The predicted molar refractivity (Wildman–Crippen MR) is 113 cm³/mol. The molecular weight excluding hydrogens is 380 g/mol. The van der Waals surface area contributed by atoms with Gasteiger partial charge < -0.3 is 19.6 Å². The highest BCUT2D eigenvalue weighted by molar-refractivity contribution is 6.46. The number of Topliss-reactive ketones (excluding diaryl/α,β-unsaturated/α-hetero) is 1. The van der Waals surface area contributed by atoms with Gasteiger partial charge in [0.1, 0.15) is 5.75 Å². The van der Waals surface area contributed by atoms with Crippen LogP contribution in [0.15, 0.2) is 54.1 Å². The summed E-state index contributed by atoms with van der Waals surface area (Å²) < 4.78 is 5.27. The van der Waals surface area contributed by atoms with Gasteiger partial charge in [-0.2, -0.15) is 0 Å². The summed E-state index contributed by atoms with van der Waals surface area (Å²) in [5.74, 6) is -1.06. The summed E-state index contributed by atoms with van der Waals surface area (Å²) in [6.07, 6.45) is 0.744. The standard InChI is InChI=1S/C24H28N2O4/c1-16-15-18(11-12-19(16)30-4)22(27)20-21(17-9-6-5-7-10-17)26(24(29)23(20)28)14-8-13-25(2)3/h5-7,9-12,15,21,27H,8,13-14H2,1-4H3/b22-20+. The van der Waals surface area contributed by atoms with Crippen molar-refractivity contribution in [1.82, 2.24) is 4.90 Å². The van der Waals surface area contributed by atoms with Crippen LogP contribution in [-0.2, 0) is 9.59 Å². The summed E-state index contributed by atoms with van der Waals surface area (Å²) in [4.78, 5) is 28.6. The van der Waals surface area contributed by atoms with Crippen LogP contribution in [0.3, 0.4) is 0 Å². The SMILES string of the molecule is COc1ccc(/C([O-])=C2\C(=O)C(=O)N(CCC[NH+](C)C)C2c2ccccc2)cc1C. The lowest BCUT2D eigenvalue weighted by molar-refractivity contribution is -0.858. The Morgan fingerprint density at radius 2 is 1.83 bits per heavy atom. The molecular formula is C24H28N2O4. The Morgan fingerprint density at radius 3 is 2.43 bits per heavy atom. The van der Waals surface area contributed by atoms with Gasteiger partial charge >= 0.3 is 0 Å². The molecule has 1 N–H and O–H groups in total. The molecule has 6 heteroatoms. The van der Waals surface area contributed by atoms with Crippen LogP contribution in [0.2, 0.25) is 0 Å². The molecule has 1 atom stereocenters. The largest absolute Gasteiger partial charge is 0.872 e. The number of nitrogens with zero attached hydrogens (tertiary/aromatic N) is 1. The summed E-state index contributed by atoms with van der Waals surface area (Å²) in [5, 5.41) is 13.4. The van der Waals surface area contributed by atoms with E-state index in [9.17, 15) is 14.7 Å². The first kappa shape index (κ1) is 21.6. The van der Waals surface area contributed by atoms with Gasteiger partial charge in [0.25, 0.3) is 5.91 Å². The number of hydrogen-bond donors (Lipinski definition) is 1. The third kappa shape index (κ3) is 4.24. The van der Waals surface area contributed by atoms with Gasteiger partial charge in [0, 0.05) is 18.5 Å². The molecule has 0 spiro atoms. The molecule has 2 aromatic rings. The van der Waals surface area contributed by atoms with Crippen molar-refractivity contribution in [1.29, 1.82) is 0 Å². The van der Waals surface area contributed by atoms with E-state index >= 15 is 0 Å². The lowest BCUT2D eigenvalue weighted by atomic mass is 9.95. The number of carbonyl (C=O) groups is 2. The number of hydrogen-bond acceptors (Lipinski definition) is 4. The minimum atomic E-state index is -0.709. The van der Waals surface area contributed by atoms with Crippen molar-refractivity contribution in [3.8, 4) is 5.75 Å². The molecule has 1 heterocycles. The molecule has 1 saturated heterocycles. The Bertz CT molecular complexity index is 966. The number of amides is 1. The third-order valence-electron chi connectivity index (χ3n) is 5.38. The van der Waals surface area contributed by atoms with E-state index < -0.39 is 23.5 Å². The first-order chi connectivity index (χ1) is 14.3. The smallest absolute Gasteiger partial charge is 0.295 e. The fourth-order valence-corrected chi connectivity index (χ4v) is 3.86. The molecule has 0 aromatic heterocycles. The van der Waals surface area contributed by atoms with E-state index in [2.05, 4.69) is 0 Å². The highest BCUT2D eigenvalue weighted by Crippen LogP contribution is 2.39. The van der Waals surface area contributed by atoms with Crippen LogP contribution in [0.4, 0.5) is 0 Å². The summed E-state index contributed by atoms with van der Waals surface area (Å²) in [6, 6.07) is 13.7. The fourth-order valence-electron chi connectivity index (χ4n) is 3.86. The van der Waals surface area contributed by atoms with Crippen molar-refractivity contribution in [2.45, 2.75) is 19.4 Å². The van der Waals surface area contributed by atoms with Crippen LogP contribution in [0.25, 0.3) is 5.76 Å². The second-order valence-electron chi connectivity index (χ2n) is 7.88. The van der Waals surface area contributed by atoms with Gasteiger partial charge in [0.05, 0.1) is 33.8 Å². The molecule has 30 heavy (non-hydrogen) atoms. The molecule has 2 aromatic carbocycles. The Morgan fingerprint density at radius 1 is 1.13 bits per heavy atom. The Hall–Kier alpha value is -3.12. The second kappa shape index (κ2) is 9.13. The van der Waals surface area contributed by atoms with Crippen molar-refractivity contribution in [3.05, 3.63) is 70.8 Å². The quantitative estimate of drug-likeness (QED) is 0.417. The molecule has 0 saturated carbocycles. The molecule has 0 aliphatic carbocycles. The van der Waals surface area contributed by atoms with E-state index in [-0.39, 0.29) is 5.57 Å². The van der Waals surface area contributed by atoms with Crippen molar-refractivity contribution < 1.29 is 24.3 Å². The number of carbonyl (C=O) groups excluding carboxylic acids is 2. The molecule has 6 nitrogen and oxygen atoms in total. The van der Waals surface area contributed by atoms with Crippen molar-refractivity contribution in [3.63, 3.8) is 0 Å². The Kier molecular flexibility index (Phi) is 6.57. The highest BCUT2D eigenvalue weighted by Gasteiger charge is 2.43. The highest BCUT2D eigenvalue weighted by atomic mass is 16.5. The van der Waals surface area contributed by atoms with Gasteiger partial charge in [-0.1, -0.05) is 42.2 Å². The second-order valence-corrected chi connectivity index (χ2v) is 7.88. The zero-order valence-electron chi connectivity index (χ0n) is 17.9. The van der Waals surface area contributed by atoms with Crippen LogP contribution in [0, 0.1) is 6.92 Å².